The van der Waals surface area contributed by atoms with Crippen LogP contribution in [0.3, 0.4) is 0 Å². The van der Waals surface area contributed by atoms with Crippen molar-refractivity contribution >= 4 is 11.8 Å². The van der Waals surface area contributed by atoms with Crippen LogP contribution in [0.1, 0.15) is 24.0 Å². The lowest BCUT2D eigenvalue weighted by atomic mass is 10.2. The summed E-state index contributed by atoms with van der Waals surface area (Å²) in [5.74, 6) is -2.92. The number of thioether (sulfide) groups is 1. The van der Waals surface area contributed by atoms with Crippen molar-refractivity contribution in [1.82, 2.24) is 0 Å². The predicted molar refractivity (Wildman–Crippen MR) is 85.2 cm³/mol. The number of rotatable bonds is 6. The molecule has 0 saturated heterocycles. The summed E-state index contributed by atoms with van der Waals surface area (Å²) in [5.41, 5.74) is 0.919. The van der Waals surface area contributed by atoms with Gasteiger partial charge < -0.3 is 4.74 Å². The smallest absolute Gasteiger partial charge is 0.194 e. The molecule has 3 rings (SSSR count). The second-order valence-corrected chi connectivity index (χ2v) is 7.03. The number of ether oxygens (including phenoxy) is 1. The third-order valence-electron chi connectivity index (χ3n) is 3.84. The molecular weight excluding hydrogens is 340 g/mol. The summed E-state index contributed by atoms with van der Waals surface area (Å²) in [6, 6.07) is 4.67. The lowest BCUT2D eigenvalue weighted by Crippen LogP contribution is -2.01. The molecule has 1 fully saturated rings. The number of hydrogen-bond donors (Lipinski definition) is 0. The normalized spacial score (nSPS) is 14.0. The number of benzene rings is 2. The van der Waals surface area contributed by atoms with E-state index in [2.05, 4.69) is 0 Å². The largest absolute Gasteiger partial charge is 0.486 e. The van der Waals surface area contributed by atoms with Crippen LogP contribution < -0.4 is 4.74 Å². The van der Waals surface area contributed by atoms with Gasteiger partial charge in [0.25, 0.3) is 0 Å². The fourth-order valence-corrected chi connectivity index (χ4v) is 3.47. The van der Waals surface area contributed by atoms with Gasteiger partial charge in [-0.2, -0.15) is 0 Å². The van der Waals surface area contributed by atoms with Crippen molar-refractivity contribution in [2.24, 2.45) is 5.92 Å². The van der Waals surface area contributed by atoms with Crippen LogP contribution in [0.2, 0.25) is 0 Å². The predicted octanol–water partition coefficient (Wildman–Crippen LogP) is 5.63. The third kappa shape index (κ3) is 4.04. The van der Waals surface area contributed by atoms with Crippen molar-refractivity contribution < 1.29 is 22.3 Å². The Balaban J connectivity index is 1.72. The highest BCUT2D eigenvalue weighted by atomic mass is 32.2. The second kappa shape index (κ2) is 7.05. The SMILES string of the molecule is Cc1cc(F)c(OCc2cc(F)c(F)c(F)c2)cc1SCC1CC1. The highest BCUT2D eigenvalue weighted by Crippen LogP contribution is 2.37. The molecule has 2 aromatic rings. The van der Waals surface area contributed by atoms with Crippen LogP contribution in [-0.4, -0.2) is 5.75 Å². The lowest BCUT2D eigenvalue weighted by molar-refractivity contribution is 0.287. The molecule has 0 spiro atoms. The molecular formula is C18H16F4OS. The van der Waals surface area contributed by atoms with Gasteiger partial charge in [-0.05, 0) is 61.1 Å². The van der Waals surface area contributed by atoms with E-state index in [9.17, 15) is 17.6 Å². The maximum Gasteiger partial charge on any atom is 0.194 e. The Labute approximate surface area is 142 Å². The molecule has 2 aromatic carbocycles. The Morgan fingerprint density at radius 1 is 1.00 bits per heavy atom. The summed E-state index contributed by atoms with van der Waals surface area (Å²) < 4.78 is 58.7. The summed E-state index contributed by atoms with van der Waals surface area (Å²) in [4.78, 5) is 0.926. The Hall–Kier alpha value is -1.69. The first-order chi connectivity index (χ1) is 11.4. The minimum absolute atomic E-state index is 0.0176. The van der Waals surface area contributed by atoms with Gasteiger partial charge in [-0.3, -0.25) is 0 Å². The van der Waals surface area contributed by atoms with E-state index in [1.807, 2.05) is 6.92 Å². The van der Waals surface area contributed by atoms with E-state index in [0.29, 0.717) is 0 Å². The molecule has 0 aromatic heterocycles. The number of aryl methyl sites for hydroxylation is 1. The van der Waals surface area contributed by atoms with E-state index >= 15 is 0 Å². The molecule has 0 radical (unpaired) electrons. The van der Waals surface area contributed by atoms with Gasteiger partial charge in [-0.1, -0.05) is 0 Å². The molecule has 0 amide bonds. The van der Waals surface area contributed by atoms with Crippen LogP contribution in [0.15, 0.2) is 29.2 Å². The molecule has 0 N–H and O–H groups in total. The van der Waals surface area contributed by atoms with Crippen LogP contribution >= 0.6 is 11.8 Å². The summed E-state index contributed by atoms with van der Waals surface area (Å²) in [6.07, 6.45) is 2.47. The van der Waals surface area contributed by atoms with Crippen molar-refractivity contribution in [2.75, 3.05) is 5.75 Å². The molecule has 1 aliphatic carbocycles. The molecule has 0 atom stereocenters. The zero-order valence-electron chi connectivity index (χ0n) is 13.0. The minimum Gasteiger partial charge on any atom is -0.486 e. The van der Waals surface area contributed by atoms with Crippen LogP contribution in [0.5, 0.6) is 5.75 Å². The Bertz CT molecular complexity index is 736. The maximum absolute atomic E-state index is 14.0. The standard InChI is InChI=1S/C18H16F4OS/c1-10-4-13(19)16(7-17(10)24-9-11-2-3-11)23-8-12-5-14(20)18(22)15(21)6-12/h4-7,11H,2-3,8-9H2,1H3. The quantitative estimate of drug-likeness (QED) is 0.377. The van der Waals surface area contributed by atoms with E-state index in [1.54, 1.807) is 17.8 Å². The Kier molecular flexibility index (Phi) is 5.04. The van der Waals surface area contributed by atoms with Gasteiger partial charge in [0.2, 0.25) is 0 Å². The van der Waals surface area contributed by atoms with E-state index < -0.39 is 23.3 Å². The van der Waals surface area contributed by atoms with Gasteiger partial charge >= 0.3 is 0 Å². The number of hydrogen-bond acceptors (Lipinski definition) is 2. The zero-order chi connectivity index (χ0) is 17.3. The summed E-state index contributed by atoms with van der Waals surface area (Å²) in [6.45, 7) is 1.58. The highest BCUT2D eigenvalue weighted by Gasteiger charge is 2.22. The van der Waals surface area contributed by atoms with Gasteiger partial charge in [0.05, 0.1) is 0 Å². The molecule has 0 aliphatic heterocycles. The van der Waals surface area contributed by atoms with E-state index in [-0.39, 0.29) is 17.9 Å². The molecule has 128 valence electrons. The topological polar surface area (TPSA) is 9.23 Å². The molecule has 0 unspecified atom stereocenters. The molecule has 1 aliphatic rings. The van der Waals surface area contributed by atoms with Gasteiger partial charge in [-0.25, -0.2) is 17.6 Å². The first-order valence-corrected chi connectivity index (χ1v) is 8.61. The van der Waals surface area contributed by atoms with Crippen molar-refractivity contribution in [3.63, 3.8) is 0 Å². The van der Waals surface area contributed by atoms with Crippen LogP contribution in [0.4, 0.5) is 17.6 Å². The van der Waals surface area contributed by atoms with Gasteiger partial charge in [0, 0.05) is 10.6 Å². The van der Waals surface area contributed by atoms with E-state index in [1.165, 1.54) is 18.9 Å². The summed E-state index contributed by atoms with van der Waals surface area (Å²) in [7, 11) is 0. The monoisotopic (exact) mass is 356 g/mol. The highest BCUT2D eigenvalue weighted by molar-refractivity contribution is 7.99. The number of halogens is 4. The fraction of sp³-hybridized carbons (Fsp3) is 0.333. The van der Waals surface area contributed by atoms with Crippen molar-refractivity contribution in [3.05, 3.63) is 58.7 Å². The maximum atomic E-state index is 14.0. The molecule has 0 bridgehead atoms. The minimum atomic E-state index is -1.53. The Morgan fingerprint density at radius 3 is 2.29 bits per heavy atom. The summed E-state index contributed by atoms with van der Waals surface area (Å²) >= 11 is 1.65. The molecule has 1 saturated carbocycles. The van der Waals surface area contributed by atoms with Gasteiger partial charge in [0.15, 0.2) is 29.0 Å². The summed E-state index contributed by atoms with van der Waals surface area (Å²) in [5, 5.41) is 0. The van der Waals surface area contributed by atoms with Crippen molar-refractivity contribution in [3.8, 4) is 5.75 Å². The van der Waals surface area contributed by atoms with E-state index in [4.69, 9.17) is 4.74 Å². The van der Waals surface area contributed by atoms with Gasteiger partial charge in [0.1, 0.15) is 6.61 Å². The second-order valence-electron chi connectivity index (χ2n) is 5.96. The fourth-order valence-electron chi connectivity index (χ4n) is 2.24. The van der Waals surface area contributed by atoms with Gasteiger partial charge in [-0.15, -0.1) is 11.8 Å². The van der Waals surface area contributed by atoms with E-state index in [0.717, 1.165) is 34.3 Å². The average molecular weight is 356 g/mol. The van der Waals surface area contributed by atoms with Crippen molar-refractivity contribution in [1.29, 1.82) is 0 Å². The van der Waals surface area contributed by atoms with Crippen LogP contribution in [-0.2, 0) is 6.61 Å². The first kappa shape index (κ1) is 17.1. The molecule has 1 nitrogen and oxygen atoms in total. The van der Waals surface area contributed by atoms with Crippen molar-refractivity contribution in [2.45, 2.75) is 31.3 Å². The first-order valence-electron chi connectivity index (χ1n) is 7.63. The zero-order valence-corrected chi connectivity index (χ0v) is 13.9. The molecule has 6 heteroatoms. The Morgan fingerprint density at radius 2 is 1.67 bits per heavy atom. The van der Waals surface area contributed by atoms with Crippen LogP contribution in [0, 0.1) is 36.1 Å². The molecule has 24 heavy (non-hydrogen) atoms. The van der Waals surface area contributed by atoms with Crippen LogP contribution in [0.25, 0.3) is 0 Å². The lowest BCUT2D eigenvalue weighted by Gasteiger charge is -2.12. The molecule has 0 heterocycles. The third-order valence-corrected chi connectivity index (χ3v) is 5.23. The average Bonchev–Trinajstić information content (AvgIpc) is 3.35.